The summed E-state index contributed by atoms with van der Waals surface area (Å²) in [6, 6.07) is 6.74. The van der Waals surface area contributed by atoms with Gasteiger partial charge in [0.1, 0.15) is 0 Å². The minimum Gasteiger partial charge on any atom is -0.349 e. The summed E-state index contributed by atoms with van der Waals surface area (Å²) in [5.74, 6) is 0. The molecule has 1 aliphatic heterocycles. The van der Waals surface area contributed by atoms with Crippen molar-refractivity contribution in [2.24, 2.45) is 0 Å². The highest BCUT2D eigenvalue weighted by Gasteiger charge is 2.26. The second-order valence-electron chi connectivity index (χ2n) is 3.91. The van der Waals surface area contributed by atoms with E-state index in [1.165, 1.54) is 11.4 Å². The Morgan fingerprint density at radius 3 is 2.39 bits per heavy atom. The highest BCUT2D eigenvalue weighted by Crippen LogP contribution is 2.17. The third kappa shape index (κ3) is 3.21. The van der Waals surface area contributed by atoms with Gasteiger partial charge in [0.05, 0.1) is 24.7 Å². The molecule has 1 aliphatic rings. The van der Waals surface area contributed by atoms with Gasteiger partial charge >= 0.3 is 0 Å². The Labute approximate surface area is 120 Å². The molecular formula is C11H14INO4S. The van der Waals surface area contributed by atoms with Crippen LogP contribution in [-0.4, -0.2) is 45.8 Å². The fraction of sp³-hybridized carbons (Fsp3) is 0.455. The molecule has 1 aromatic carbocycles. The monoisotopic (exact) mass is 383 g/mol. The number of benzene rings is 1. The number of halogens is 1. The van der Waals surface area contributed by atoms with E-state index in [4.69, 9.17) is 9.47 Å². The molecule has 100 valence electrons. The maximum Gasteiger partial charge on any atom is 0.242 e. The van der Waals surface area contributed by atoms with E-state index in [0.29, 0.717) is 13.2 Å². The minimum atomic E-state index is -3.47. The first kappa shape index (κ1) is 14.2. The van der Waals surface area contributed by atoms with E-state index in [1.54, 1.807) is 24.3 Å². The standard InChI is InChI=1S/C11H14INO4S/c1-13(8-11-16-6-7-17-11)18(14,15)10-4-2-9(12)3-5-10/h2-5,11H,6-8H2,1H3. The van der Waals surface area contributed by atoms with Gasteiger partial charge in [-0.15, -0.1) is 0 Å². The largest absolute Gasteiger partial charge is 0.349 e. The number of rotatable bonds is 4. The number of sulfonamides is 1. The summed E-state index contributed by atoms with van der Waals surface area (Å²) in [5.41, 5.74) is 0. The Balaban J connectivity index is 2.11. The van der Waals surface area contributed by atoms with Crippen molar-refractivity contribution in [3.63, 3.8) is 0 Å². The summed E-state index contributed by atoms with van der Waals surface area (Å²) >= 11 is 2.13. The summed E-state index contributed by atoms with van der Waals surface area (Å²) in [5, 5.41) is 0. The summed E-state index contributed by atoms with van der Waals surface area (Å²) in [6.07, 6.45) is -0.464. The number of ether oxygens (including phenoxy) is 2. The van der Waals surface area contributed by atoms with Gasteiger partial charge < -0.3 is 9.47 Å². The van der Waals surface area contributed by atoms with Crippen molar-refractivity contribution < 1.29 is 17.9 Å². The van der Waals surface area contributed by atoms with Crippen LogP contribution in [0.4, 0.5) is 0 Å². The molecular weight excluding hydrogens is 369 g/mol. The highest BCUT2D eigenvalue weighted by atomic mass is 127. The zero-order valence-corrected chi connectivity index (χ0v) is 12.8. The SMILES string of the molecule is CN(CC1OCCO1)S(=O)(=O)c1ccc(I)cc1. The zero-order chi connectivity index (χ0) is 13.2. The smallest absolute Gasteiger partial charge is 0.242 e. The Morgan fingerprint density at radius 2 is 1.83 bits per heavy atom. The number of hydrogen-bond acceptors (Lipinski definition) is 4. The molecule has 0 saturated carbocycles. The van der Waals surface area contributed by atoms with Crippen LogP contribution < -0.4 is 0 Å². The maximum atomic E-state index is 12.2. The molecule has 0 aromatic heterocycles. The van der Waals surface area contributed by atoms with Gasteiger partial charge in [-0.05, 0) is 46.9 Å². The molecule has 0 N–H and O–H groups in total. The molecule has 2 rings (SSSR count). The van der Waals surface area contributed by atoms with Crippen molar-refractivity contribution in [2.75, 3.05) is 26.8 Å². The fourth-order valence-corrected chi connectivity index (χ4v) is 3.12. The molecule has 5 nitrogen and oxygen atoms in total. The van der Waals surface area contributed by atoms with E-state index in [1.807, 2.05) is 0 Å². The molecule has 1 fully saturated rings. The van der Waals surface area contributed by atoms with E-state index in [-0.39, 0.29) is 11.4 Å². The first-order chi connectivity index (χ1) is 8.50. The van der Waals surface area contributed by atoms with Crippen LogP contribution >= 0.6 is 22.6 Å². The van der Waals surface area contributed by atoms with E-state index in [0.717, 1.165) is 3.57 Å². The van der Waals surface area contributed by atoms with E-state index in [9.17, 15) is 8.42 Å². The molecule has 0 aliphatic carbocycles. The third-order valence-electron chi connectivity index (χ3n) is 2.62. The van der Waals surface area contributed by atoms with Gasteiger partial charge in [0.15, 0.2) is 6.29 Å². The van der Waals surface area contributed by atoms with Crippen LogP contribution in [0, 0.1) is 3.57 Å². The summed E-state index contributed by atoms with van der Waals surface area (Å²) in [7, 11) is -1.95. The number of hydrogen-bond donors (Lipinski definition) is 0. The number of likely N-dealkylation sites (N-methyl/N-ethyl adjacent to an activating group) is 1. The van der Waals surface area contributed by atoms with E-state index < -0.39 is 16.3 Å². The molecule has 0 amide bonds. The lowest BCUT2D eigenvalue weighted by molar-refractivity contribution is -0.0482. The van der Waals surface area contributed by atoms with Crippen LogP contribution in [0.3, 0.4) is 0 Å². The molecule has 0 spiro atoms. The lowest BCUT2D eigenvalue weighted by atomic mass is 10.4. The molecule has 7 heteroatoms. The zero-order valence-electron chi connectivity index (χ0n) is 9.87. The van der Waals surface area contributed by atoms with Crippen molar-refractivity contribution in [1.82, 2.24) is 4.31 Å². The van der Waals surface area contributed by atoms with Gasteiger partial charge in [-0.3, -0.25) is 0 Å². The maximum absolute atomic E-state index is 12.2. The fourth-order valence-electron chi connectivity index (χ4n) is 1.61. The molecule has 0 bridgehead atoms. The lowest BCUT2D eigenvalue weighted by Gasteiger charge is -2.20. The average molecular weight is 383 g/mol. The van der Waals surface area contributed by atoms with Crippen molar-refractivity contribution in [3.05, 3.63) is 27.8 Å². The number of nitrogens with zero attached hydrogens (tertiary/aromatic N) is 1. The van der Waals surface area contributed by atoms with Crippen LogP contribution in [-0.2, 0) is 19.5 Å². The van der Waals surface area contributed by atoms with Gasteiger partial charge in [-0.25, -0.2) is 8.42 Å². The second-order valence-corrected chi connectivity index (χ2v) is 7.20. The molecule has 1 saturated heterocycles. The summed E-state index contributed by atoms with van der Waals surface area (Å²) in [6.45, 7) is 1.23. The van der Waals surface area contributed by atoms with E-state index in [2.05, 4.69) is 22.6 Å². The first-order valence-corrected chi connectivity index (χ1v) is 7.97. The molecule has 18 heavy (non-hydrogen) atoms. The van der Waals surface area contributed by atoms with Crippen molar-refractivity contribution >= 4 is 32.6 Å². The quantitative estimate of drug-likeness (QED) is 0.736. The van der Waals surface area contributed by atoms with Crippen LogP contribution in [0.1, 0.15) is 0 Å². The van der Waals surface area contributed by atoms with Crippen LogP contribution in [0.5, 0.6) is 0 Å². The van der Waals surface area contributed by atoms with Crippen LogP contribution in [0.15, 0.2) is 29.2 Å². The average Bonchev–Trinajstić information content (AvgIpc) is 2.82. The highest BCUT2D eigenvalue weighted by molar-refractivity contribution is 14.1. The Morgan fingerprint density at radius 1 is 1.28 bits per heavy atom. The van der Waals surface area contributed by atoms with Crippen LogP contribution in [0.2, 0.25) is 0 Å². The summed E-state index contributed by atoms with van der Waals surface area (Å²) in [4.78, 5) is 0.281. The molecule has 1 heterocycles. The van der Waals surface area contributed by atoms with Gasteiger partial charge in [-0.1, -0.05) is 0 Å². The molecule has 0 atom stereocenters. The third-order valence-corrected chi connectivity index (χ3v) is 5.18. The first-order valence-electron chi connectivity index (χ1n) is 5.45. The second kappa shape index (κ2) is 5.83. The Kier molecular flexibility index (Phi) is 4.59. The topological polar surface area (TPSA) is 55.8 Å². The Hall–Kier alpha value is -0.220. The minimum absolute atomic E-state index is 0.203. The Bertz CT molecular complexity index is 496. The van der Waals surface area contributed by atoms with Gasteiger partial charge in [-0.2, -0.15) is 4.31 Å². The van der Waals surface area contributed by atoms with Gasteiger partial charge in [0.25, 0.3) is 0 Å². The van der Waals surface area contributed by atoms with Crippen molar-refractivity contribution in [2.45, 2.75) is 11.2 Å². The molecule has 1 aromatic rings. The van der Waals surface area contributed by atoms with Gasteiger partial charge in [0, 0.05) is 10.6 Å². The normalized spacial score (nSPS) is 17.5. The molecule has 0 unspecified atom stereocenters. The lowest BCUT2D eigenvalue weighted by Crippen LogP contribution is -2.34. The predicted molar refractivity (Wildman–Crippen MR) is 74.7 cm³/mol. The summed E-state index contributed by atoms with van der Waals surface area (Å²) < 4.78 is 37.2. The predicted octanol–water partition coefficient (Wildman–Crippen LogP) is 1.28. The van der Waals surface area contributed by atoms with Crippen LogP contribution in [0.25, 0.3) is 0 Å². The van der Waals surface area contributed by atoms with Gasteiger partial charge in [0.2, 0.25) is 10.0 Å². The van der Waals surface area contributed by atoms with Crippen molar-refractivity contribution in [3.8, 4) is 0 Å². The molecule has 0 radical (unpaired) electrons. The van der Waals surface area contributed by atoms with Crippen molar-refractivity contribution in [1.29, 1.82) is 0 Å². The van der Waals surface area contributed by atoms with E-state index >= 15 is 0 Å².